The lowest BCUT2D eigenvalue weighted by Gasteiger charge is -2.11. The van der Waals surface area contributed by atoms with Gasteiger partial charge < -0.3 is 11.5 Å². The van der Waals surface area contributed by atoms with Crippen LogP contribution in [0.15, 0.2) is 24.3 Å². The number of primary amides is 1. The summed E-state index contributed by atoms with van der Waals surface area (Å²) < 4.78 is 1.21. The Morgan fingerprint density at radius 2 is 1.88 bits per heavy atom. The maximum Gasteiger partial charge on any atom is 0.217 e. The van der Waals surface area contributed by atoms with Gasteiger partial charge in [-0.05, 0) is 53.1 Å². The summed E-state index contributed by atoms with van der Waals surface area (Å²) in [4.78, 5) is 10.5. The topological polar surface area (TPSA) is 69.1 Å². The third kappa shape index (κ3) is 4.94. The molecule has 3 nitrogen and oxygen atoms in total. The van der Waals surface area contributed by atoms with Gasteiger partial charge in [-0.3, -0.25) is 4.79 Å². The SMILES string of the molecule is NC(=O)CCCCC(N)c1ccc(I)cc1. The number of carbonyl (C=O) groups is 1. The minimum Gasteiger partial charge on any atom is -0.370 e. The second-order valence-corrected chi connectivity index (χ2v) is 5.12. The van der Waals surface area contributed by atoms with Crippen molar-refractivity contribution in [2.45, 2.75) is 31.7 Å². The molecule has 0 fully saturated rings. The van der Waals surface area contributed by atoms with Crippen LogP contribution >= 0.6 is 22.6 Å². The maximum atomic E-state index is 10.5. The van der Waals surface area contributed by atoms with E-state index in [1.165, 1.54) is 3.57 Å². The van der Waals surface area contributed by atoms with Crippen molar-refractivity contribution in [2.75, 3.05) is 0 Å². The maximum absolute atomic E-state index is 10.5. The Labute approximate surface area is 110 Å². The van der Waals surface area contributed by atoms with Crippen LogP contribution in [0.3, 0.4) is 0 Å². The van der Waals surface area contributed by atoms with Crippen LogP contribution in [0, 0.1) is 3.57 Å². The van der Waals surface area contributed by atoms with Gasteiger partial charge in [0.2, 0.25) is 5.91 Å². The van der Waals surface area contributed by atoms with E-state index in [0.717, 1.165) is 24.8 Å². The highest BCUT2D eigenvalue weighted by Crippen LogP contribution is 2.18. The molecule has 88 valence electrons. The van der Waals surface area contributed by atoms with E-state index in [4.69, 9.17) is 11.5 Å². The van der Waals surface area contributed by atoms with Crippen molar-refractivity contribution in [1.82, 2.24) is 0 Å². The lowest BCUT2D eigenvalue weighted by molar-refractivity contribution is -0.118. The Kier molecular flexibility index (Phi) is 5.76. The zero-order valence-electron chi connectivity index (χ0n) is 9.16. The van der Waals surface area contributed by atoms with Gasteiger partial charge in [0, 0.05) is 16.0 Å². The van der Waals surface area contributed by atoms with Gasteiger partial charge in [0.25, 0.3) is 0 Å². The molecule has 1 aromatic carbocycles. The summed E-state index contributed by atoms with van der Waals surface area (Å²) in [6.45, 7) is 0. The predicted octanol–water partition coefficient (Wildman–Crippen LogP) is 2.34. The van der Waals surface area contributed by atoms with Crippen molar-refractivity contribution in [1.29, 1.82) is 0 Å². The number of amides is 1. The van der Waals surface area contributed by atoms with Crippen LogP contribution in [0.25, 0.3) is 0 Å². The second-order valence-electron chi connectivity index (χ2n) is 3.87. The molecule has 0 aliphatic carbocycles. The van der Waals surface area contributed by atoms with Gasteiger partial charge in [-0.1, -0.05) is 18.6 Å². The van der Waals surface area contributed by atoms with Crippen LogP contribution in [0.5, 0.6) is 0 Å². The van der Waals surface area contributed by atoms with Crippen LogP contribution in [-0.2, 0) is 4.79 Å². The Balaban J connectivity index is 2.32. The minimum absolute atomic E-state index is 0.0601. The summed E-state index contributed by atoms with van der Waals surface area (Å²) in [5, 5.41) is 0. The Morgan fingerprint density at radius 3 is 2.44 bits per heavy atom. The average Bonchev–Trinajstić information content (AvgIpc) is 2.25. The number of hydrogen-bond acceptors (Lipinski definition) is 2. The molecule has 1 atom stereocenters. The molecular formula is C12H17IN2O. The summed E-state index contributed by atoms with van der Waals surface area (Å²) in [5.74, 6) is -0.233. The number of unbranched alkanes of at least 4 members (excludes halogenated alkanes) is 1. The molecule has 4 heteroatoms. The molecule has 0 radical (unpaired) electrons. The van der Waals surface area contributed by atoms with E-state index in [9.17, 15) is 4.79 Å². The van der Waals surface area contributed by atoms with Crippen LogP contribution in [0.4, 0.5) is 0 Å². The minimum atomic E-state index is -0.233. The number of benzene rings is 1. The third-order valence-corrected chi connectivity index (χ3v) is 3.21. The van der Waals surface area contributed by atoms with Crippen LogP contribution in [0.1, 0.15) is 37.3 Å². The van der Waals surface area contributed by atoms with Gasteiger partial charge in [0.15, 0.2) is 0 Å². The molecule has 0 heterocycles. The number of carbonyl (C=O) groups excluding carboxylic acids is 1. The zero-order chi connectivity index (χ0) is 12.0. The highest BCUT2D eigenvalue weighted by atomic mass is 127. The summed E-state index contributed by atoms with van der Waals surface area (Å²) in [7, 11) is 0. The highest BCUT2D eigenvalue weighted by Gasteiger charge is 2.05. The highest BCUT2D eigenvalue weighted by molar-refractivity contribution is 14.1. The summed E-state index contributed by atoms with van der Waals surface area (Å²) >= 11 is 2.27. The quantitative estimate of drug-likeness (QED) is 0.620. The van der Waals surface area contributed by atoms with Gasteiger partial charge in [0.05, 0.1) is 0 Å². The number of halogens is 1. The summed E-state index contributed by atoms with van der Waals surface area (Å²) in [6, 6.07) is 8.28. The average molecular weight is 332 g/mol. The monoisotopic (exact) mass is 332 g/mol. The van der Waals surface area contributed by atoms with Crippen LogP contribution < -0.4 is 11.5 Å². The normalized spacial score (nSPS) is 12.4. The van der Waals surface area contributed by atoms with Gasteiger partial charge >= 0.3 is 0 Å². The standard InChI is InChI=1S/C12H17IN2O/c13-10-7-5-9(6-8-10)11(14)3-1-2-4-12(15)16/h5-8,11H,1-4,14H2,(H2,15,16). The second kappa shape index (κ2) is 6.85. The first kappa shape index (κ1) is 13.4. The molecule has 4 N–H and O–H groups in total. The molecule has 0 bridgehead atoms. The van der Waals surface area contributed by atoms with E-state index < -0.39 is 0 Å². The fraction of sp³-hybridized carbons (Fsp3) is 0.417. The Morgan fingerprint density at radius 1 is 1.25 bits per heavy atom. The Bertz CT molecular complexity index is 337. The largest absolute Gasteiger partial charge is 0.370 e. The molecule has 1 unspecified atom stereocenters. The fourth-order valence-corrected chi connectivity index (χ4v) is 1.90. The van der Waals surface area contributed by atoms with Gasteiger partial charge in [-0.2, -0.15) is 0 Å². The molecule has 0 spiro atoms. The molecular weight excluding hydrogens is 315 g/mol. The molecule has 0 aromatic heterocycles. The first-order valence-corrected chi connectivity index (χ1v) is 6.47. The molecule has 0 aliphatic heterocycles. The summed E-state index contributed by atoms with van der Waals surface area (Å²) in [6.07, 6.45) is 3.12. The van der Waals surface area contributed by atoms with Crippen molar-refractivity contribution in [3.63, 3.8) is 0 Å². The van der Waals surface area contributed by atoms with E-state index in [2.05, 4.69) is 46.9 Å². The first-order chi connectivity index (χ1) is 7.59. The molecule has 1 rings (SSSR count). The lowest BCUT2D eigenvalue weighted by Crippen LogP contribution is -2.12. The van der Waals surface area contributed by atoms with E-state index in [-0.39, 0.29) is 11.9 Å². The molecule has 0 aliphatic rings. The van der Waals surface area contributed by atoms with Crippen molar-refractivity contribution in [3.05, 3.63) is 33.4 Å². The smallest absolute Gasteiger partial charge is 0.217 e. The van der Waals surface area contributed by atoms with Gasteiger partial charge in [0.1, 0.15) is 0 Å². The van der Waals surface area contributed by atoms with Crippen molar-refractivity contribution < 1.29 is 4.79 Å². The molecule has 0 saturated heterocycles. The third-order valence-electron chi connectivity index (χ3n) is 2.49. The lowest BCUT2D eigenvalue weighted by atomic mass is 10.0. The predicted molar refractivity (Wildman–Crippen MR) is 73.7 cm³/mol. The van der Waals surface area contributed by atoms with Crippen molar-refractivity contribution in [3.8, 4) is 0 Å². The molecule has 1 amide bonds. The number of rotatable bonds is 6. The van der Waals surface area contributed by atoms with Crippen molar-refractivity contribution >= 4 is 28.5 Å². The summed E-state index contributed by atoms with van der Waals surface area (Å²) in [5.41, 5.74) is 12.3. The molecule has 0 saturated carbocycles. The van der Waals surface area contributed by atoms with Gasteiger partial charge in [-0.15, -0.1) is 0 Å². The van der Waals surface area contributed by atoms with Gasteiger partial charge in [-0.25, -0.2) is 0 Å². The first-order valence-electron chi connectivity index (χ1n) is 5.39. The molecule has 16 heavy (non-hydrogen) atoms. The van der Waals surface area contributed by atoms with Crippen LogP contribution in [0.2, 0.25) is 0 Å². The van der Waals surface area contributed by atoms with E-state index in [1.54, 1.807) is 0 Å². The van der Waals surface area contributed by atoms with E-state index in [0.29, 0.717) is 6.42 Å². The number of hydrogen-bond donors (Lipinski definition) is 2. The molecule has 1 aromatic rings. The van der Waals surface area contributed by atoms with E-state index >= 15 is 0 Å². The fourth-order valence-electron chi connectivity index (χ4n) is 1.54. The zero-order valence-corrected chi connectivity index (χ0v) is 11.3. The number of nitrogens with two attached hydrogens (primary N) is 2. The Hall–Kier alpha value is -0.620. The van der Waals surface area contributed by atoms with Crippen molar-refractivity contribution in [2.24, 2.45) is 11.5 Å². The van der Waals surface area contributed by atoms with E-state index in [1.807, 2.05) is 0 Å². The van der Waals surface area contributed by atoms with Crippen LogP contribution in [-0.4, -0.2) is 5.91 Å².